The first-order valence-electron chi connectivity index (χ1n) is 7.01. The van der Waals surface area contributed by atoms with Crippen LogP contribution in [0.2, 0.25) is 5.02 Å². The highest BCUT2D eigenvalue weighted by Crippen LogP contribution is 2.32. The summed E-state index contributed by atoms with van der Waals surface area (Å²) in [4.78, 5) is 2.51. The van der Waals surface area contributed by atoms with E-state index in [2.05, 4.69) is 54.9 Å². The van der Waals surface area contributed by atoms with E-state index in [1.54, 1.807) is 0 Å². The summed E-state index contributed by atoms with van der Waals surface area (Å²) >= 11 is 8.26. The Morgan fingerprint density at radius 2 is 2.21 bits per heavy atom. The van der Waals surface area contributed by atoms with E-state index in [1.165, 1.54) is 17.0 Å². The molecule has 1 aromatic rings. The van der Waals surface area contributed by atoms with Gasteiger partial charge in [-0.05, 0) is 31.2 Å². The SMILES string of the molecule is CCNCc1ccc(Cl)cc1N1CCSC(C)C1C. The molecule has 2 rings (SSSR count). The summed E-state index contributed by atoms with van der Waals surface area (Å²) in [5.74, 6) is 1.19. The number of nitrogens with one attached hydrogen (secondary N) is 1. The minimum atomic E-state index is 0.553. The van der Waals surface area contributed by atoms with Crippen molar-refractivity contribution in [3.8, 4) is 0 Å². The van der Waals surface area contributed by atoms with Gasteiger partial charge in [0.2, 0.25) is 0 Å². The van der Waals surface area contributed by atoms with E-state index < -0.39 is 0 Å². The zero-order valence-corrected chi connectivity index (χ0v) is 13.5. The Hall–Kier alpha value is -0.380. The number of nitrogens with zero attached hydrogens (tertiary/aromatic N) is 1. The van der Waals surface area contributed by atoms with E-state index in [0.29, 0.717) is 11.3 Å². The number of hydrogen-bond acceptors (Lipinski definition) is 3. The van der Waals surface area contributed by atoms with Gasteiger partial charge in [0.1, 0.15) is 0 Å². The molecule has 0 spiro atoms. The van der Waals surface area contributed by atoms with Gasteiger partial charge in [-0.2, -0.15) is 11.8 Å². The van der Waals surface area contributed by atoms with Gasteiger partial charge in [-0.15, -0.1) is 0 Å². The summed E-state index contributed by atoms with van der Waals surface area (Å²) in [6, 6.07) is 6.81. The molecular formula is C15H23ClN2S. The quantitative estimate of drug-likeness (QED) is 0.911. The third kappa shape index (κ3) is 3.59. The second kappa shape index (κ2) is 6.87. The van der Waals surface area contributed by atoms with Crippen LogP contribution in [0.3, 0.4) is 0 Å². The molecule has 1 saturated heterocycles. The second-order valence-corrected chi connectivity index (χ2v) is 6.98. The van der Waals surface area contributed by atoms with Crippen molar-refractivity contribution in [1.29, 1.82) is 0 Å². The Bertz CT molecular complexity index is 425. The Kier molecular flexibility index (Phi) is 5.43. The first-order chi connectivity index (χ1) is 9.13. The molecule has 2 unspecified atom stereocenters. The third-order valence-electron chi connectivity index (χ3n) is 3.81. The first-order valence-corrected chi connectivity index (χ1v) is 8.43. The molecule has 2 atom stereocenters. The highest BCUT2D eigenvalue weighted by Gasteiger charge is 2.26. The number of hydrogen-bond donors (Lipinski definition) is 1. The summed E-state index contributed by atoms with van der Waals surface area (Å²) in [5, 5.41) is 4.91. The number of halogens is 1. The molecule has 1 heterocycles. The molecule has 2 nitrogen and oxygen atoms in total. The van der Waals surface area contributed by atoms with Gasteiger partial charge < -0.3 is 10.2 Å². The van der Waals surface area contributed by atoms with Crippen LogP contribution in [0.5, 0.6) is 0 Å². The summed E-state index contributed by atoms with van der Waals surface area (Å²) in [6.45, 7) is 9.77. The van der Waals surface area contributed by atoms with Crippen LogP contribution in [0.15, 0.2) is 18.2 Å². The number of rotatable bonds is 4. The van der Waals surface area contributed by atoms with Gasteiger partial charge in [0.05, 0.1) is 0 Å². The average molecular weight is 299 g/mol. The van der Waals surface area contributed by atoms with Crippen LogP contribution in [-0.2, 0) is 6.54 Å². The van der Waals surface area contributed by atoms with E-state index in [4.69, 9.17) is 11.6 Å². The molecule has 0 saturated carbocycles. The van der Waals surface area contributed by atoms with Crippen molar-refractivity contribution < 1.29 is 0 Å². The van der Waals surface area contributed by atoms with E-state index in [-0.39, 0.29) is 0 Å². The monoisotopic (exact) mass is 298 g/mol. The summed E-state index contributed by atoms with van der Waals surface area (Å²) in [6.07, 6.45) is 0. The van der Waals surface area contributed by atoms with Crippen LogP contribution in [-0.4, -0.2) is 30.1 Å². The van der Waals surface area contributed by atoms with Crippen LogP contribution in [0.1, 0.15) is 26.3 Å². The lowest BCUT2D eigenvalue weighted by atomic mass is 10.1. The molecule has 19 heavy (non-hydrogen) atoms. The van der Waals surface area contributed by atoms with Crippen molar-refractivity contribution in [3.63, 3.8) is 0 Å². The standard InChI is InChI=1S/C15H23ClN2S/c1-4-17-10-13-5-6-14(16)9-15(13)18-7-8-19-12(3)11(18)2/h5-6,9,11-12,17H,4,7-8,10H2,1-3H3. The Balaban J connectivity index is 2.28. The molecular weight excluding hydrogens is 276 g/mol. The van der Waals surface area contributed by atoms with E-state index in [9.17, 15) is 0 Å². The first kappa shape index (κ1) is 15.0. The highest BCUT2D eigenvalue weighted by molar-refractivity contribution is 8.00. The van der Waals surface area contributed by atoms with Crippen LogP contribution in [0.25, 0.3) is 0 Å². The minimum Gasteiger partial charge on any atom is -0.367 e. The molecule has 1 aliphatic heterocycles. The Morgan fingerprint density at radius 1 is 1.42 bits per heavy atom. The van der Waals surface area contributed by atoms with E-state index >= 15 is 0 Å². The van der Waals surface area contributed by atoms with Crippen molar-refractivity contribution in [1.82, 2.24) is 5.32 Å². The molecule has 1 aromatic carbocycles. The van der Waals surface area contributed by atoms with Crippen molar-refractivity contribution in [2.75, 3.05) is 23.7 Å². The van der Waals surface area contributed by atoms with Crippen molar-refractivity contribution in [3.05, 3.63) is 28.8 Å². The van der Waals surface area contributed by atoms with Gasteiger partial charge in [-0.3, -0.25) is 0 Å². The predicted octanol–water partition coefficient (Wildman–Crippen LogP) is 3.78. The minimum absolute atomic E-state index is 0.553. The molecule has 0 bridgehead atoms. The molecule has 1 fully saturated rings. The van der Waals surface area contributed by atoms with Crippen LogP contribution in [0.4, 0.5) is 5.69 Å². The number of benzene rings is 1. The zero-order chi connectivity index (χ0) is 13.8. The summed E-state index contributed by atoms with van der Waals surface area (Å²) < 4.78 is 0. The summed E-state index contributed by atoms with van der Waals surface area (Å²) in [5.41, 5.74) is 2.64. The molecule has 1 N–H and O–H groups in total. The maximum Gasteiger partial charge on any atom is 0.0429 e. The smallest absolute Gasteiger partial charge is 0.0429 e. The van der Waals surface area contributed by atoms with Gasteiger partial charge in [-0.1, -0.05) is 31.5 Å². The van der Waals surface area contributed by atoms with Crippen LogP contribution in [0, 0.1) is 0 Å². The van der Waals surface area contributed by atoms with E-state index in [0.717, 1.165) is 24.7 Å². The third-order valence-corrected chi connectivity index (χ3v) is 5.38. The maximum absolute atomic E-state index is 6.20. The molecule has 0 aromatic heterocycles. The van der Waals surface area contributed by atoms with Crippen LogP contribution >= 0.6 is 23.4 Å². The van der Waals surface area contributed by atoms with Crippen LogP contribution < -0.4 is 10.2 Å². The summed E-state index contributed by atoms with van der Waals surface area (Å²) in [7, 11) is 0. The van der Waals surface area contributed by atoms with Gasteiger partial charge in [0, 0.05) is 40.8 Å². The normalized spacial score (nSPS) is 23.7. The fourth-order valence-corrected chi connectivity index (χ4v) is 3.75. The number of thioether (sulfide) groups is 1. The molecule has 4 heteroatoms. The maximum atomic E-state index is 6.20. The lowest BCUT2D eigenvalue weighted by Crippen LogP contribution is -2.45. The molecule has 0 radical (unpaired) electrons. The topological polar surface area (TPSA) is 15.3 Å². The van der Waals surface area contributed by atoms with Gasteiger partial charge >= 0.3 is 0 Å². The second-order valence-electron chi connectivity index (χ2n) is 5.06. The highest BCUT2D eigenvalue weighted by atomic mass is 35.5. The molecule has 106 valence electrons. The van der Waals surface area contributed by atoms with Crippen molar-refractivity contribution >= 4 is 29.1 Å². The molecule has 0 amide bonds. The Morgan fingerprint density at radius 3 is 2.95 bits per heavy atom. The zero-order valence-electron chi connectivity index (χ0n) is 11.9. The van der Waals surface area contributed by atoms with E-state index in [1.807, 2.05) is 6.07 Å². The van der Waals surface area contributed by atoms with Gasteiger partial charge in [0.25, 0.3) is 0 Å². The predicted molar refractivity (Wildman–Crippen MR) is 87.6 cm³/mol. The lowest BCUT2D eigenvalue weighted by molar-refractivity contribution is 0.621. The average Bonchev–Trinajstić information content (AvgIpc) is 2.40. The fourth-order valence-electron chi connectivity index (χ4n) is 2.49. The Labute approximate surface area is 125 Å². The van der Waals surface area contributed by atoms with Gasteiger partial charge in [0.15, 0.2) is 0 Å². The molecule has 1 aliphatic rings. The van der Waals surface area contributed by atoms with Gasteiger partial charge in [-0.25, -0.2) is 0 Å². The fraction of sp³-hybridized carbons (Fsp3) is 0.600. The lowest BCUT2D eigenvalue weighted by Gasteiger charge is -2.40. The van der Waals surface area contributed by atoms with Crippen molar-refractivity contribution in [2.45, 2.75) is 38.6 Å². The van der Waals surface area contributed by atoms with Crippen molar-refractivity contribution in [2.24, 2.45) is 0 Å². The number of anilines is 1. The largest absolute Gasteiger partial charge is 0.367 e. The molecule has 0 aliphatic carbocycles.